The molecule has 37 heavy (non-hydrogen) atoms. The number of aromatic nitrogens is 1. The second kappa shape index (κ2) is 12.1. The number of fused-ring (bicyclic) bond motifs is 1. The van der Waals surface area contributed by atoms with Crippen LogP contribution in [-0.2, 0) is 26.1 Å². The van der Waals surface area contributed by atoms with Crippen LogP contribution in [0.2, 0.25) is 5.02 Å². The molecule has 192 valence electrons. The molecule has 3 rings (SSSR count). The number of hydrogen-bond acceptors (Lipinski definition) is 8. The first-order valence-corrected chi connectivity index (χ1v) is 13.6. The molecule has 0 saturated carbocycles. The van der Waals surface area contributed by atoms with E-state index < -0.39 is 21.9 Å². The SMILES string of the molecule is COC(=O)Cn1c(=NC(=O)c2ccc(S(=O)(=O)N(CCC#N)CCC#N)cc2)sc2ccc(Cl)c(C)c21. The number of rotatable bonds is 9. The van der Waals surface area contributed by atoms with Crippen LogP contribution in [0.3, 0.4) is 0 Å². The first-order chi connectivity index (χ1) is 17.6. The van der Waals surface area contributed by atoms with Gasteiger partial charge in [-0.1, -0.05) is 22.9 Å². The highest BCUT2D eigenvalue weighted by Gasteiger charge is 2.24. The molecule has 0 bridgehead atoms. The van der Waals surface area contributed by atoms with Gasteiger partial charge in [0.15, 0.2) is 4.80 Å². The fraction of sp³-hybridized carbons (Fsp3) is 0.292. The summed E-state index contributed by atoms with van der Waals surface area (Å²) < 4.78 is 34.2. The molecule has 0 aliphatic carbocycles. The van der Waals surface area contributed by atoms with Gasteiger partial charge < -0.3 is 9.30 Å². The van der Waals surface area contributed by atoms with E-state index in [0.717, 1.165) is 14.6 Å². The lowest BCUT2D eigenvalue weighted by molar-refractivity contribution is -0.141. The minimum Gasteiger partial charge on any atom is -0.468 e. The van der Waals surface area contributed by atoms with Crippen molar-refractivity contribution in [2.45, 2.75) is 31.2 Å². The molecular formula is C24H22ClN5O5S2. The van der Waals surface area contributed by atoms with Crippen molar-refractivity contribution in [1.29, 1.82) is 10.5 Å². The average Bonchev–Trinajstić information content (AvgIpc) is 3.23. The van der Waals surface area contributed by atoms with Crippen molar-refractivity contribution < 1.29 is 22.7 Å². The van der Waals surface area contributed by atoms with Crippen LogP contribution in [0.1, 0.15) is 28.8 Å². The number of carbonyl (C=O) groups excluding carboxylic acids is 2. The van der Waals surface area contributed by atoms with Gasteiger partial charge in [-0.2, -0.15) is 19.8 Å². The van der Waals surface area contributed by atoms with Crippen LogP contribution >= 0.6 is 22.9 Å². The lowest BCUT2D eigenvalue weighted by atomic mass is 10.2. The zero-order chi connectivity index (χ0) is 27.2. The molecule has 0 spiro atoms. The number of hydrogen-bond donors (Lipinski definition) is 0. The van der Waals surface area contributed by atoms with E-state index in [2.05, 4.69) is 4.99 Å². The second-order valence-corrected chi connectivity index (χ2v) is 11.1. The Bertz CT molecular complexity index is 1580. The standard InChI is InChI=1S/C24H22ClN5O5S2/c1-16-19(25)9-10-20-22(16)30(15-21(31)35-2)24(36-20)28-23(32)17-5-7-18(8-6-17)37(33,34)29(13-3-11-26)14-4-12-27/h5-10H,3-4,13-15H2,1-2H3. The van der Waals surface area contributed by atoms with E-state index in [-0.39, 0.29) is 47.7 Å². The molecule has 0 fully saturated rings. The first kappa shape index (κ1) is 28.0. The topological polar surface area (TPSA) is 146 Å². The van der Waals surface area contributed by atoms with Crippen LogP contribution in [-0.4, -0.2) is 49.4 Å². The molecule has 0 aliphatic heterocycles. The third-order valence-corrected chi connectivity index (χ3v) is 8.79. The van der Waals surface area contributed by atoms with Gasteiger partial charge in [0.05, 0.1) is 34.4 Å². The van der Waals surface area contributed by atoms with Crippen LogP contribution in [0.15, 0.2) is 46.3 Å². The molecule has 0 saturated heterocycles. The van der Waals surface area contributed by atoms with Crippen LogP contribution in [0, 0.1) is 29.6 Å². The Hall–Kier alpha value is -3.55. The second-order valence-electron chi connectivity index (χ2n) is 7.73. The Kier molecular flexibility index (Phi) is 9.18. The lowest BCUT2D eigenvalue weighted by Gasteiger charge is -2.20. The van der Waals surface area contributed by atoms with Crippen molar-refractivity contribution in [1.82, 2.24) is 8.87 Å². The molecule has 2 aromatic carbocycles. The van der Waals surface area contributed by atoms with Crippen molar-refractivity contribution in [2.75, 3.05) is 20.2 Å². The molecular weight excluding hydrogens is 538 g/mol. The number of nitriles is 2. The maximum absolute atomic E-state index is 13.0. The number of aryl methyl sites for hydroxylation is 1. The normalized spacial score (nSPS) is 11.9. The van der Waals surface area contributed by atoms with E-state index >= 15 is 0 Å². The molecule has 1 amide bonds. The number of halogens is 1. The summed E-state index contributed by atoms with van der Waals surface area (Å²) in [4.78, 5) is 29.4. The smallest absolute Gasteiger partial charge is 0.325 e. The zero-order valence-electron chi connectivity index (χ0n) is 20.0. The Labute approximate surface area is 222 Å². The molecule has 0 unspecified atom stereocenters. The predicted octanol–water partition coefficient (Wildman–Crippen LogP) is 3.40. The number of carbonyl (C=O) groups is 2. The van der Waals surface area contributed by atoms with Crippen molar-refractivity contribution in [2.24, 2.45) is 4.99 Å². The highest BCUT2D eigenvalue weighted by atomic mass is 35.5. The van der Waals surface area contributed by atoms with E-state index in [9.17, 15) is 18.0 Å². The number of ether oxygens (including phenoxy) is 1. The summed E-state index contributed by atoms with van der Waals surface area (Å²) in [5.41, 5.74) is 1.52. The van der Waals surface area contributed by atoms with E-state index in [0.29, 0.717) is 10.5 Å². The molecule has 10 nitrogen and oxygen atoms in total. The Morgan fingerprint density at radius 1 is 1.11 bits per heavy atom. The fourth-order valence-corrected chi connectivity index (χ4v) is 6.19. The molecule has 13 heteroatoms. The van der Waals surface area contributed by atoms with Crippen molar-refractivity contribution in [3.63, 3.8) is 0 Å². The van der Waals surface area contributed by atoms with E-state index in [4.69, 9.17) is 26.9 Å². The number of sulfonamides is 1. The summed E-state index contributed by atoms with van der Waals surface area (Å²) in [6.45, 7) is 1.52. The van der Waals surface area contributed by atoms with Gasteiger partial charge in [0.1, 0.15) is 6.54 Å². The third-order valence-electron chi connectivity index (χ3n) is 5.43. The summed E-state index contributed by atoms with van der Waals surface area (Å²) in [6.07, 6.45) is -0.0446. The summed E-state index contributed by atoms with van der Waals surface area (Å²) in [7, 11) is -2.71. The minimum absolute atomic E-state index is 0.0223. The van der Waals surface area contributed by atoms with Crippen molar-refractivity contribution in [3.05, 3.63) is 57.3 Å². The molecule has 1 aromatic heterocycles. The maximum Gasteiger partial charge on any atom is 0.325 e. The lowest BCUT2D eigenvalue weighted by Crippen LogP contribution is -2.32. The average molecular weight is 560 g/mol. The highest BCUT2D eigenvalue weighted by molar-refractivity contribution is 7.89. The van der Waals surface area contributed by atoms with Crippen LogP contribution < -0.4 is 4.80 Å². The van der Waals surface area contributed by atoms with Gasteiger partial charge in [0, 0.05) is 36.5 Å². The highest BCUT2D eigenvalue weighted by Crippen LogP contribution is 2.27. The molecule has 0 N–H and O–H groups in total. The van der Waals surface area contributed by atoms with Crippen LogP contribution in [0.25, 0.3) is 10.2 Å². The van der Waals surface area contributed by atoms with E-state index in [1.807, 2.05) is 12.1 Å². The Morgan fingerprint density at radius 2 is 1.73 bits per heavy atom. The number of amides is 1. The van der Waals surface area contributed by atoms with Gasteiger partial charge in [-0.25, -0.2) is 8.42 Å². The quantitative estimate of drug-likeness (QED) is 0.365. The molecule has 0 aliphatic rings. The van der Waals surface area contributed by atoms with Crippen molar-refractivity contribution >= 4 is 55.1 Å². The van der Waals surface area contributed by atoms with Gasteiger partial charge >= 0.3 is 5.97 Å². The van der Waals surface area contributed by atoms with Gasteiger partial charge in [0.25, 0.3) is 5.91 Å². The predicted molar refractivity (Wildman–Crippen MR) is 137 cm³/mol. The number of thiazole rings is 1. The van der Waals surface area contributed by atoms with E-state index in [1.54, 1.807) is 23.6 Å². The molecule has 0 radical (unpaired) electrons. The fourth-order valence-electron chi connectivity index (χ4n) is 3.51. The first-order valence-electron chi connectivity index (χ1n) is 10.9. The summed E-state index contributed by atoms with van der Waals surface area (Å²) in [5, 5.41) is 18.2. The van der Waals surface area contributed by atoms with Gasteiger partial charge in [-0.05, 0) is 48.9 Å². The number of nitrogens with zero attached hydrogens (tertiary/aromatic N) is 5. The minimum atomic E-state index is -3.97. The molecule has 1 heterocycles. The maximum atomic E-state index is 13.0. The number of esters is 1. The number of benzene rings is 2. The largest absolute Gasteiger partial charge is 0.468 e. The summed E-state index contributed by atoms with van der Waals surface area (Å²) >= 11 is 7.47. The van der Waals surface area contributed by atoms with Gasteiger partial charge in [-0.3, -0.25) is 9.59 Å². The summed E-state index contributed by atoms with van der Waals surface area (Å²) in [5.74, 6) is -1.16. The van der Waals surface area contributed by atoms with Crippen molar-refractivity contribution in [3.8, 4) is 12.1 Å². The van der Waals surface area contributed by atoms with Gasteiger partial charge in [0.2, 0.25) is 10.0 Å². The monoisotopic (exact) mass is 559 g/mol. The Balaban J connectivity index is 1.99. The zero-order valence-corrected chi connectivity index (χ0v) is 22.4. The summed E-state index contributed by atoms with van der Waals surface area (Å²) in [6, 6.07) is 12.5. The van der Waals surface area contributed by atoms with E-state index in [1.165, 1.54) is 42.7 Å². The third kappa shape index (κ3) is 6.24. The Morgan fingerprint density at radius 3 is 2.30 bits per heavy atom. The van der Waals surface area contributed by atoms with Gasteiger partial charge in [-0.15, -0.1) is 0 Å². The van der Waals surface area contributed by atoms with Crippen LogP contribution in [0.4, 0.5) is 0 Å². The molecule has 0 atom stereocenters. The van der Waals surface area contributed by atoms with Crippen LogP contribution in [0.5, 0.6) is 0 Å². The number of methoxy groups -OCH3 is 1. The molecule has 3 aromatic rings.